The lowest BCUT2D eigenvalue weighted by atomic mass is 9.82. The van der Waals surface area contributed by atoms with Gasteiger partial charge in [0.1, 0.15) is 11.4 Å². The van der Waals surface area contributed by atoms with Crippen LogP contribution in [0.5, 0.6) is 5.75 Å². The van der Waals surface area contributed by atoms with Crippen LogP contribution in [0.1, 0.15) is 29.3 Å². The molecule has 0 bridgehead atoms. The van der Waals surface area contributed by atoms with Crippen molar-refractivity contribution in [3.05, 3.63) is 75.5 Å². The lowest BCUT2D eigenvalue weighted by Gasteiger charge is -2.47. The molecule has 0 aromatic heterocycles. The van der Waals surface area contributed by atoms with Gasteiger partial charge in [0.15, 0.2) is 8.32 Å². The van der Waals surface area contributed by atoms with Gasteiger partial charge in [0.25, 0.3) is 5.69 Å². The number of nitrogens with zero attached hydrogens (tertiary/aromatic N) is 2. The second-order valence-corrected chi connectivity index (χ2v) is 14.9. The maximum absolute atomic E-state index is 13.4. The molecule has 2 aromatic rings. The number of fused-ring (bicyclic) bond motifs is 1. The van der Waals surface area contributed by atoms with Crippen LogP contribution < -0.4 is 10.1 Å². The highest BCUT2D eigenvalue weighted by atomic mass is 28.4. The Balaban J connectivity index is 1.63. The highest BCUT2D eigenvalue weighted by molar-refractivity contribution is 6.69. The van der Waals surface area contributed by atoms with E-state index in [-0.39, 0.29) is 40.8 Å². The van der Waals surface area contributed by atoms with E-state index in [9.17, 15) is 29.3 Å². The number of carbonyl (C=O) groups is 4. The summed E-state index contributed by atoms with van der Waals surface area (Å²) in [5.41, 5.74) is 0.744. The summed E-state index contributed by atoms with van der Waals surface area (Å²) in [6, 6.07) is 10.7. The lowest BCUT2D eigenvalue weighted by Crippen LogP contribution is -2.63. The van der Waals surface area contributed by atoms with Crippen molar-refractivity contribution in [2.45, 2.75) is 45.1 Å². The van der Waals surface area contributed by atoms with Crippen molar-refractivity contribution in [2.24, 2.45) is 5.92 Å². The predicted octanol–water partition coefficient (Wildman–Crippen LogP) is 3.88. The fourth-order valence-electron chi connectivity index (χ4n) is 4.93. The molecule has 2 aliphatic heterocycles. The third-order valence-corrected chi connectivity index (χ3v) is 7.64. The maximum atomic E-state index is 13.4. The van der Waals surface area contributed by atoms with Crippen molar-refractivity contribution in [2.75, 3.05) is 7.05 Å². The van der Waals surface area contributed by atoms with Crippen LogP contribution in [-0.2, 0) is 18.8 Å². The molecule has 0 spiro atoms. The summed E-state index contributed by atoms with van der Waals surface area (Å²) in [4.78, 5) is 62.6. The number of ether oxygens (including phenoxy) is 2. The van der Waals surface area contributed by atoms with Crippen LogP contribution in [0.2, 0.25) is 19.6 Å². The molecule has 13 heteroatoms. The first-order valence-corrected chi connectivity index (χ1v) is 16.0. The van der Waals surface area contributed by atoms with Gasteiger partial charge in [0, 0.05) is 19.2 Å². The van der Waals surface area contributed by atoms with Gasteiger partial charge < -0.3 is 24.1 Å². The summed E-state index contributed by atoms with van der Waals surface area (Å²) in [5.74, 6) is -2.54. The number of hydrogen-bond acceptors (Lipinski definition) is 9. The number of hydrogen-bond donors (Lipinski definition) is 1. The van der Waals surface area contributed by atoms with Crippen molar-refractivity contribution < 1.29 is 38.0 Å². The quantitative estimate of drug-likeness (QED) is 0.125. The first-order valence-electron chi connectivity index (χ1n) is 12.6. The molecule has 0 saturated carbocycles. The van der Waals surface area contributed by atoms with Crippen LogP contribution in [0, 0.1) is 16.0 Å². The van der Waals surface area contributed by atoms with E-state index in [2.05, 4.69) is 5.32 Å². The fraction of sp³-hybridized carbons (Fsp3) is 0.333. The van der Waals surface area contributed by atoms with Crippen molar-refractivity contribution in [3.63, 3.8) is 0 Å². The van der Waals surface area contributed by atoms with Crippen LogP contribution in [0.3, 0.4) is 0 Å². The number of rotatable bonds is 8. The van der Waals surface area contributed by atoms with E-state index in [0.717, 1.165) is 12.1 Å². The predicted molar refractivity (Wildman–Crippen MR) is 145 cm³/mol. The Hall–Kier alpha value is -4.36. The van der Waals surface area contributed by atoms with Gasteiger partial charge in [-0.25, -0.2) is 14.4 Å². The van der Waals surface area contributed by atoms with Gasteiger partial charge in [-0.15, -0.1) is 0 Å². The van der Waals surface area contributed by atoms with Gasteiger partial charge in [-0.1, -0.05) is 12.1 Å². The van der Waals surface area contributed by atoms with Gasteiger partial charge in [0.2, 0.25) is 5.91 Å². The molecule has 2 aromatic carbocycles. The molecule has 2 heterocycles. The number of carbonyl (C=O) groups excluding carboxylic acids is 4. The Morgan fingerprint density at radius 1 is 1.05 bits per heavy atom. The standard InChI is InChI=1S/C27H29N3O9Si/c1-15(39-40(3,4)5)22-21-14-20(16-8-12-19(13-9-16)37-27(34)28-2)23(29(21)24(22)31)26(33)38-25(32)17-6-10-18(11-7-17)30(35)36/h6-13,15,21-22H,14H2,1-5H3,(H,28,34)/t15-,21-,22-/m1/s1. The van der Waals surface area contributed by atoms with E-state index in [1.54, 1.807) is 24.3 Å². The first kappa shape index (κ1) is 28.6. The monoisotopic (exact) mass is 567 g/mol. The Bertz CT molecular complexity index is 1400. The minimum absolute atomic E-state index is 0.0540. The van der Waals surface area contributed by atoms with Gasteiger partial charge in [0.05, 0.1) is 28.6 Å². The Labute approximate surface area is 231 Å². The fourth-order valence-corrected chi connectivity index (χ4v) is 6.19. The first-order chi connectivity index (χ1) is 18.8. The molecule has 0 unspecified atom stereocenters. The number of benzene rings is 2. The number of amides is 2. The molecular formula is C27H29N3O9Si. The topological polar surface area (TPSA) is 154 Å². The molecule has 210 valence electrons. The number of nitro groups is 1. The van der Waals surface area contributed by atoms with E-state index < -0.39 is 37.2 Å². The number of β-lactam (4-membered cyclic amide) rings is 1. The highest BCUT2D eigenvalue weighted by Crippen LogP contribution is 2.48. The second kappa shape index (κ2) is 11.0. The van der Waals surface area contributed by atoms with E-state index >= 15 is 0 Å². The number of nitrogens with one attached hydrogen (secondary N) is 1. The van der Waals surface area contributed by atoms with Crippen LogP contribution in [0.15, 0.2) is 54.2 Å². The molecular weight excluding hydrogens is 538 g/mol. The third kappa shape index (κ3) is 5.79. The Morgan fingerprint density at radius 2 is 1.68 bits per heavy atom. The SMILES string of the molecule is CNC(=O)Oc1ccc(C2=C(C(=O)OC(=O)c3ccc([N+](=O)[O-])cc3)N3C(=O)[C@H]([C@@H](C)O[Si](C)(C)C)[C@H]3C2)cc1. The smallest absolute Gasteiger partial charge is 0.412 e. The molecule has 2 amide bonds. The van der Waals surface area contributed by atoms with Gasteiger partial charge >= 0.3 is 18.0 Å². The summed E-state index contributed by atoms with van der Waals surface area (Å²) < 4.78 is 16.4. The van der Waals surface area contributed by atoms with Gasteiger partial charge in [-0.05, 0) is 68.4 Å². The zero-order valence-electron chi connectivity index (χ0n) is 22.6. The summed E-state index contributed by atoms with van der Waals surface area (Å²) in [6.07, 6.45) is -0.695. The largest absolute Gasteiger partial charge is 0.414 e. The molecule has 4 rings (SSSR count). The molecule has 3 atom stereocenters. The number of non-ortho nitro benzene ring substituents is 1. The molecule has 1 fully saturated rings. The summed E-state index contributed by atoms with van der Waals surface area (Å²) >= 11 is 0. The minimum Gasteiger partial charge on any atom is -0.414 e. The van der Waals surface area contributed by atoms with Crippen LogP contribution in [0.25, 0.3) is 5.57 Å². The Morgan fingerprint density at radius 3 is 2.23 bits per heavy atom. The maximum Gasteiger partial charge on any atom is 0.412 e. The van der Waals surface area contributed by atoms with Crippen molar-refractivity contribution >= 4 is 43.5 Å². The number of nitro benzene ring substituents is 1. The molecule has 1 saturated heterocycles. The van der Waals surface area contributed by atoms with Crippen molar-refractivity contribution in [3.8, 4) is 5.75 Å². The van der Waals surface area contributed by atoms with Crippen molar-refractivity contribution in [1.82, 2.24) is 10.2 Å². The summed E-state index contributed by atoms with van der Waals surface area (Å²) in [6.45, 7) is 7.92. The molecule has 1 N–H and O–H groups in total. The third-order valence-electron chi connectivity index (χ3n) is 6.56. The van der Waals surface area contributed by atoms with Crippen LogP contribution in [0.4, 0.5) is 10.5 Å². The lowest BCUT2D eigenvalue weighted by molar-refractivity contribution is -0.384. The van der Waals surface area contributed by atoms with Gasteiger partial charge in [-0.2, -0.15) is 0 Å². The van der Waals surface area contributed by atoms with Crippen LogP contribution in [-0.4, -0.2) is 61.3 Å². The molecule has 40 heavy (non-hydrogen) atoms. The second-order valence-electron chi connectivity index (χ2n) is 10.4. The molecule has 0 radical (unpaired) electrons. The van der Waals surface area contributed by atoms with E-state index in [4.69, 9.17) is 13.9 Å². The normalized spacial score (nSPS) is 18.9. The van der Waals surface area contributed by atoms with Gasteiger partial charge in [-0.3, -0.25) is 14.9 Å². The Kier molecular flexibility index (Phi) is 7.89. The number of esters is 2. The van der Waals surface area contributed by atoms with E-state index in [0.29, 0.717) is 17.6 Å². The molecule has 2 aliphatic rings. The summed E-state index contributed by atoms with van der Waals surface area (Å²) in [5, 5.41) is 13.3. The van der Waals surface area contributed by atoms with E-state index in [1.165, 1.54) is 24.1 Å². The molecule has 12 nitrogen and oxygen atoms in total. The minimum atomic E-state index is -1.96. The zero-order valence-corrected chi connectivity index (χ0v) is 23.6. The highest BCUT2D eigenvalue weighted by Gasteiger charge is 2.58. The van der Waals surface area contributed by atoms with E-state index in [1.807, 2.05) is 26.6 Å². The average molecular weight is 568 g/mol. The molecule has 0 aliphatic carbocycles. The average Bonchev–Trinajstić information content (AvgIpc) is 3.23. The van der Waals surface area contributed by atoms with Crippen LogP contribution >= 0.6 is 0 Å². The zero-order chi connectivity index (χ0) is 29.4. The van der Waals surface area contributed by atoms with Crippen molar-refractivity contribution in [1.29, 1.82) is 0 Å². The summed E-state index contributed by atoms with van der Waals surface area (Å²) in [7, 11) is -0.531.